The Morgan fingerprint density at radius 3 is 3.06 bits per heavy atom. The summed E-state index contributed by atoms with van der Waals surface area (Å²) in [4.78, 5) is 11.5. The molecule has 0 spiro atoms. The molecule has 0 fully saturated rings. The van der Waals surface area contributed by atoms with E-state index in [9.17, 15) is 9.18 Å². The number of benzene rings is 1. The number of nitrogens with zero attached hydrogens (tertiary/aromatic N) is 2. The number of aromatic nitrogens is 2. The quantitative estimate of drug-likeness (QED) is 0.748. The number of rotatable bonds is 1. The number of hydrogen-bond acceptors (Lipinski definition) is 4. The predicted molar refractivity (Wildman–Crippen MR) is 56.5 cm³/mol. The van der Waals surface area contributed by atoms with Gasteiger partial charge in [-0.05, 0) is 13.0 Å². The van der Waals surface area contributed by atoms with Crippen LogP contribution in [0.2, 0.25) is 0 Å². The normalized spacial score (nSPS) is 10.6. The van der Waals surface area contributed by atoms with Gasteiger partial charge >= 0.3 is 6.09 Å². The molecular weight excluding hydrogens is 213 g/mol. The molecule has 0 unspecified atom stereocenters. The van der Waals surface area contributed by atoms with Crippen LogP contribution in [0.15, 0.2) is 18.3 Å². The molecular formula is C10H10FN3O2. The van der Waals surface area contributed by atoms with Crippen molar-refractivity contribution in [1.29, 1.82) is 0 Å². The standard InChI is InChI=1S/C10H10FN3O2/c1-2-16-10(15)14-9-4-6(11)3-8(12)7(9)5-13-14/h3-5H,2,12H2,1H3. The van der Waals surface area contributed by atoms with Gasteiger partial charge < -0.3 is 10.5 Å². The highest BCUT2D eigenvalue weighted by Crippen LogP contribution is 2.22. The second kappa shape index (κ2) is 3.80. The van der Waals surface area contributed by atoms with E-state index < -0.39 is 11.9 Å². The first-order valence-electron chi connectivity index (χ1n) is 4.73. The van der Waals surface area contributed by atoms with Gasteiger partial charge in [-0.25, -0.2) is 9.18 Å². The van der Waals surface area contributed by atoms with E-state index in [-0.39, 0.29) is 12.3 Å². The van der Waals surface area contributed by atoms with E-state index in [4.69, 9.17) is 10.5 Å². The summed E-state index contributed by atoms with van der Waals surface area (Å²) in [6.45, 7) is 1.91. The molecule has 0 aliphatic carbocycles. The lowest BCUT2D eigenvalue weighted by atomic mass is 10.2. The highest BCUT2D eigenvalue weighted by molar-refractivity contribution is 5.94. The summed E-state index contributed by atoms with van der Waals surface area (Å²) in [7, 11) is 0. The van der Waals surface area contributed by atoms with E-state index in [1.807, 2.05) is 0 Å². The predicted octanol–water partition coefficient (Wildman–Crippen LogP) is 1.76. The molecule has 2 rings (SSSR count). The van der Waals surface area contributed by atoms with Gasteiger partial charge in [-0.2, -0.15) is 9.78 Å². The molecule has 2 N–H and O–H groups in total. The molecule has 0 radical (unpaired) electrons. The lowest BCUT2D eigenvalue weighted by molar-refractivity contribution is 0.151. The van der Waals surface area contributed by atoms with Crippen LogP contribution in [0.3, 0.4) is 0 Å². The number of fused-ring (bicyclic) bond motifs is 1. The van der Waals surface area contributed by atoms with Crippen LogP contribution >= 0.6 is 0 Å². The number of carbonyl (C=O) groups is 1. The monoisotopic (exact) mass is 223 g/mol. The first-order valence-corrected chi connectivity index (χ1v) is 4.73. The minimum atomic E-state index is -0.650. The van der Waals surface area contributed by atoms with Gasteiger partial charge in [-0.15, -0.1) is 0 Å². The van der Waals surface area contributed by atoms with Gasteiger partial charge in [0.2, 0.25) is 0 Å². The maximum Gasteiger partial charge on any atom is 0.435 e. The number of halogens is 1. The molecule has 6 heteroatoms. The Morgan fingerprint density at radius 2 is 2.38 bits per heavy atom. The van der Waals surface area contributed by atoms with Crippen LogP contribution in [-0.4, -0.2) is 22.5 Å². The Balaban J connectivity index is 2.60. The molecule has 1 aromatic carbocycles. The molecule has 2 aromatic rings. The van der Waals surface area contributed by atoms with Gasteiger partial charge in [0.15, 0.2) is 0 Å². The third-order valence-corrected chi connectivity index (χ3v) is 2.13. The Bertz CT molecular complexity index is 550. The zero-order valence-electron chi connectivity index (χ0n) is 8.61. The van der Waals surface area contributed by atoms with Crippen LogP contribution in [0.4, 0.5) is 14.9 Å². The number of anilines is 1. The third kappa shape index (κ3) is 1.58. The van der Waals surface area contributed by atoms with Crippen molar-refractivity contribution in [2.24, 2.45) is 0 Å². The van der Waals surface area contributed by atoms with Crippen molar-refractivity contribution in [2.45, 2.75) is 6.92 Å². The maximum atomic E-state index is 13.1. The molecule has 0 aliphatic heterocycles. The summed E-state index contributed by atoms with van der Waals surface area (Å²) >= 11 is 0. The fourth-order valence-electron chi connectivity index (χ4n) is 1.45. The smallest absolute Gasteiger partial charge is 0.435 e. The molecule has 0 amide bonds. The molecule has 1 aromatic heterocycles. The average molecular weight is 223 g/mol. The lowest BCUT2D eigenvalue weighted by Crippen LogP contribution is -2.14. The van der Waals surface area contributed by atoms with Crippen molar-refractivity contribution in [2.75, 3.05) is 12.3 Å². The Hall–Kier alpha value is -2.11. The third-order valence-electron chi connectivity index (χ3n) is 2.13. The Morgan fingerprint density at radius 1 is 1.62 bits per heavy atom. The van der Waals surface area contributed by atoms with Gasteiger partial charge in [0.25, 0.3) is 0 Å². The number of nitrogens with two attached hydrogens (primary N) is 1. The lowest BCUT2D eigenvalue weighted by Gasteiger charge is -2.02. The zero-order chi connectivity index (χ0) is 11.7. The van der Waals surface area contributed by atoms with Crippen LogP contribution < -0.4 is 5.73 Å². The molecule has 84 valence electrons. The highest BCUT2D eigenvalue weighted by Gasteiger charge is 2.13. The SMILES string of the molecule is CCOC(=O)n1ncc2c(N)cc(F)cc21. The molecule has 1 heterocycles. The van der Waals surface area contributed by atoms with Crippen molar-refractivity contribution in [3.05, 3.63) is 24.1 Å². The van der Waals surface area contributed by atoms with E-state index in [0.29, 0.717) is 10.9 Å². The van der Waals surface area contributed by atoms with Crippen molar-refractivity contribution in [3.8, 4) is 0 Å². The zero-order valence-corrected chi connectivity index (χ0v) is 8.61. The van der Waals surface area contributed by atoms with E-state index in [2.05, 4.69) is 5.10 Å². The Labute approximate surface area is 90.6 Å². The number of ether oxygens (including phenoxy) is 1. The summed E-state index contributed by atoms with van der Waals surface area (Å²) in [5.74, 6) is -0.518. The Kier molecular flexibility index (Phi) is 2.47. The van der Waals surface area contributed by atoms with Crippen LogP contribution in [0, 0.1) is 5.82 Å². The molecule has 16 heavy (non-hydrogen) atoms. The molecule has 0 aliphatic rings. The fraction of sp³-hybridized carbons (Fsp3) is 0.200. The number of nitrogen functional groups attached to an aromatic ring is 1. The van der Waals surface area contributed by atoms with Crippen molar-refractivity contribution in [1.82, 2.24) is 9.78 Å². The van der Waals surface area contributed by atoms with Crippen LogP contribution in [0.1, 0.15) is 6.92 Å². The summed E-state index contributed by atoms with van der Waals surface area (Å²) in [6, 6.07) is 2.37. The largest absolute Gasteiger partial charge is 0.448 e. The van der Waals surface area contributed by atoms with Gasteiger partial charge in [-0.3, -0.25) is 0 Å². The van der Waals surface area contributed by atoms with Gasteiger partial charge in [0.05, 0.1) is 18.3 Å². The highest BCUT2D eigenvalue weighted by atomic mass is 19.1. The summed E-state index contributed by atoms with van der Waals surface area (Å²) in [5.41, 5.74) is 6.14. The van der Waals surface area contributed by atoms with Gasteiger partial charge in [0.1, 0.15) is 5.82 Å². The summed E-state index contributed by atoms with van der Waals surface area (Å²) in [6.07, 6.45) is 0.753. The minimum Gasteiger partial charge on any atom is -0.448 e. The van der Waals surface area contributed by atoms with E-state index >= 15 is 0 Å². The van der Waals surface area contributed by atoms with Crippen LogP contribution in [-0.2, 0) is 4.74 Å². The topological polar surface area (TPSA) is 70.1 Å². The van der Waals surface area contributed by atoms with E-state index in [1.54, 1.807) is 6.92 Å². The van der Waals surface area contributed by atoms with Gasteiger partial charge in [0, 0.05) is 17.1 Å². The molecule has 0 atom stereocenters. The van der Waals surface area contributed by atoms with Crippen LogP contribution in [0.25, 0.3) is 10.9 Å². The summed E-state index contributed by atoms with van der Waals surface area (Å²) < 4.78 is 18.9. The first kappa shape index (κ1) is 10.4. The average Bonchev–Trinajstić information content (AvgIpc) is 2.61. The van der Waals surface area contributed by atoms with Crippen molar-refractivity contribution in [3.63, 3.8) is 0 Å². The second-order valence-corrected chi connectivity index (χ2v) is 3.18. The first-order chi connectivity index (χ1) is 7.63. The second-order valence-electron chi connectivity index (χ2n) is 3.18. The fourth-order valence-corrected chi connectivity index (χ4v) is 1.45. The van der Waals surface area contributed by atoms with Crippen molar-refractivity contribution < 1.29 is 13.9 Å². The molecule has 0 saturated heterocycles. The maximum absolute atomic E-state index is 13.1. The van der Waals surface area contributed by atoms with Crippen molar-refractivity contribution >= 4 is 22.7 Å². The summed E-state index contributed by atoms with van der Waals surface area (Å²) in [5, 5.41) is 4.33. The minimum absolute atomic E-state index is 0.227. The van der Waals surface area contributed by atoms with E-state index in [1.165, 1.54) is 18.3 Å². The number of hydrogen-bond donors (Lipinski definition) is 1. The van der Waals surface area contributed by atoms with E-state index in [0.717, 1.165) is 4.68 Å². The number of carbonyl (C=O) groups excluding carboxylic acids is 1. The molecule has 5 nitrogen and oxygen atoms in total. The van der Waals surface area contributed by atoms with Gasteiger partial charge in [-0.1, -0.05) is 0 Å². The molecule has 0 saturated carbocycles. The molecule has 0 bridgehead atoms. The van der Waals surface area contributed by atoms with Crippen LogP contribution in [0.5, 0.6) is 0 Å².